The molecule has 0 saturated carbocycles. The maximum Gasteiger partial charge on any atom is 0.133 e. The highest BCUT2D eigenvalue weighted by Gasteiger charge is 2.09. The van der Waals surface area contributed by atoms with Gasteiger partial charge in [-0.05, 0) is 26.0 Å². The molecule has 0 amide bonds. The van der Waals surface area contributed by atoms with E-state index in [1.165, 1.54) is 0 Å². The van der Waals surface area contributed by atoms with Crippen LogP contribution in [0.5, 0.6) is 0 Å². The number of hydrogen-bond acceptors (Lipinski definition) is 5. The maximum absolute atomic E-state index is 4.60. The van der Waals surface area contributed by atoms with Gasteiger partial charge < -0.3 is 10.6 Å². The molecule has 0 saturated heterocycles. The predicted octanol–water partition coefficient (Wildman–Crippen LogP) is 3.41. The van der Waals surface area contributed by atoms with Crippen LogP contribution in [0.25, 0.3) is 0 Å². The van der Waals surface area contributed by atoms with Crippen LogP contribution in [0.3, 0.4) is 0 Å². The minimum atomic E-state index is 0.467. The summed E-state index contributed by atoms with van der Waals surface area (Å²) in [6.07, 6.45) is 5.23. The monoisotopic (exact) mass is 282 g/mol. The lowest BCUT2D eigenvalue weighted by Crippen LogP contribution is -2.22. The van der Waals surface area contributed by atoms with Gasteiger partial charge in [0.2, 0.25) is 0 Å². The van der Waals surface area contributed by atoms with E-state index in [0.29, 0.717) is 6.04 Å². The van der Waals surface area contributed by atoms with Crippen molar-refractivity contribution in [2.75, 3.05) is 29.2 Å². The summed E-state index contributed by atoms with van der Waals surface area (Å²) in [4.78, 5) is 9.13. The Bertz CT molecular complexity index is 346. The van der Waals surface area contributed by atoms with E-state index in [4.69, 9.17) is 0 Å². The van der Waals surface area contributed by atoms with Crippen molar-refractivity contribution in [2.24, 2.45) is 0 Å². The van der Waals surface area contributed by atoms with Crippen LogP contribution in [0.1, 0.15) is 39.4 Å². The average Bonchev–Trinajstić information content (AvgIpc) is 2.39. The molecule has 1 rings (SSSR count). The molecule has 1 heterocycles. The lowest BCUT2D eigenvalue weighted by atomic mass is 10.2. The van der Waals surface area contributed by atoms with E-state index in [0.717, 1.165) is 49.0 Å². The van der Waals surface area contributed by atoms with Crippen molar-refractivity contribution in [3.8, 4) is 0 Å². The van der Waals surface area contributed by atoms with Crippen LogP contribution in [0.4, 0.5) is 11.6 Å². The van der Waals surface area contributed by atoms with Crippen LogP contribution in [0.2, 0.25) is 0 Å². The summed E-state index contributed by atoms with van der Waals surface area (Å²) in [6.45, 7) is 7.31. The van der Waals surface area contributed by atoms with E-state index in [1.807, 2.05) is 17.8 Å². The standard InChI is InChI=1S/C14H26N4S/c1-5-8-12-17-13(15-7-3)9-14(18-12)16-11(6-2)10-19-4/h9,11H,5-8,10H2,1-4H3,(H2,15,16,17,18). The van der Waals surface area contributed by atoms with Gasteiger partial charge in [0, 0.05) is 30.8 Å². The second-order valence-electron chi connectivity index (χ2n) is 4.54. The molecule has 0 aliphatic carbocycles. The molecule has 108 valence electrons. The Morgan fingerprint density at radius 3 is 2.53 bits per heavy atom. The second kappa shape index (κ2) is 9.02. The third-order valence-electron chi connectivity index (χ3n) is 2.82. The zero-order valence-corrected chi connectivity index (χ0v) is 13.3. The number of rotatable bonds is 9. The van der Waals surface area contributed by atoms with Crippen molar-refractivity contribution in [1.82, 2.24) is 9.97 Å². The normalized spacial score (nSPS) is 12.2. The van der Waals surface area contributed by atoms with E-state index >= 15 is 0 Å². The van der Waals surface area contributed by atoms with E-state index in [1.54, 1.807) is 0 Å². The number of aromatic nitrogens is 2. The fraction of sp³-hybridized carbons (Fsp3) is 0.714. The molecular formula is C14H26N4S. The van der Waals surface area contributed by atoms with Gasteiger partial charge >= 0.3 is 0 Å². The molecule has 1 aromatic heterocycles. The number of nitrogens with one attached hydrogen (secondary N) is 2. The van der Waals surface area contributed by atoms with Crippen LogP contribution in [-0.2, 0) is 6.42 Å². The lowest BCUT2D eigenvalue weighted by Gasteiger charge is -2.17. The van der Waals surface area contributed by atoms with Crippen molar-refractivity contribution in [2.45, 2.75) is 46.1 Å². The predicted molar refractivity (Wildman–Crippen MR) is 86.3 cm³/mol. The van der Waals surface area contributed by atoms with Gasteiger partial charge in [0.25, 0.3) is 0 Å². The van der Waals surface area contributed by atoms with Crippen molar-refractivity contribution >= 4 is 23.4 Å². The first-order valence-electron chi connectivity index (χ1n) is 7.10. The molecule has 0 bridgehead atoms. The van der Waals surface area contributed by atoms with Gasteiger partial charge in [-0.3, -0.25) is 0 Å². The quantitative estimate of drug-likeness (QED) is 0.727. The molecule has 0 aliphatic rings. The molecule has 0 aromatic carbocycles. The third kappa shape index (κ3) is 5.68. The van der Waals surface area contributed by atoms with Gasteiger partial charge in [-0.2, -0.15) is 11.8 Å². The van der Waals surface area contributed by atoms with E-state index < -0.39 is 0 Å². The summed E-state index contributed by atoms with van der Waals surface area (Å²) in [6, 6.07) is 2.47. The Kier molecular flexibility index (Phi) is 7.63. The Labute approximate surface area is 121 Å². The number of anilines is 2. The molecular weight excluding hydrogens is 256 g/mol. The number of thioether (sulfide) groups is 1. The summed E-state index contributed by atoms with van der Waals surface area (Å²) in [5, 5.41) is 6.79. The Morgan fingerprint density at radius 1 is 1.21 bits per heavy atom. The number of aryl methyl sites for hydroxylation is 1. The van der Waals surface area contributed by atoms with E-state index in [2.05, 4.69) is 47.6 Å². The third-order valence-corrected chi connectivity index (χ3v) is 3.55. The molecule has 0 fully saturated rings. The molecule has 19 heavy (non-hydrogen) atoms. The smallest absolute Gasteiger partial charge is 0.133 e. The van der Waals surface area contributed by atoms with Gasteiger partial charge in [0.05, 0.1) is 0 Å². The summed E-state index contributed by atoms with van der Waals surface area (Å²) < 4.78 is 0. The SMILES string of the molecule is CCCc1nc(NCC)cc(NC(CC)CSC)n1. The topological polar surface area (TPSA) is 49.8 Å². The zero-order chi connectivity index (χ0) is 14.1. The van der Waals surface area contributed by atoms with Gasteiger partial charge in [0.15, 0.2) is 0 Å². The Morgan fingerprint density at radius 2 is 1.95 bits per heavy atom. The molecule has 1 aromatic rings. The van der Waals surface area contributed by atoms with Crippen LogP contribution in [0.15, 0.2) is 6.07 Å². The largest absolute Gasteiger partial charge is 0.370 e. The van der Waals surface area contributed by atoms with Gasteiger partial charge in [-0.25, -0.2) is 9.97 Å². The molecule has 0 spiro atoms. The van der Waals surface area contributed by atoms with Crippen molar-refractivity contribution < 1.29 is 0 Å². The minimum Gasteiger partial charge on any atom is -0.370 e. The zero-order valence-electron chi connectivity index (χ0n) is 12.5. The summed E-state index contributed by atoms with van der Waals surface area (Å²) >= 11 is 1.86. The first-order valence-corrected chi connectivity index (χ1v) is 8.50. The Hall–Kier alpha value is -0.970. The fourth-order valence-corrected chi connectivity index (χ4v) is 2.57. The van der Waals surface area contributed by atoms with Crippen LogP contribution < -0.4 is 10.6 Å². The molecule has 4 nitrogen and oxygen atoms in total. The minimum absolute atomic E-state index is 0.467. The summed E-state index contributed by atoms with van der Waals surface area (Å²) in [7, 11) is 0. The Balaban J connectivity index is 2.84. The highest BCUT2D eigenvalue weighted by Crippen LogP contribution is 2.15. The van der Waals surface area contributed by atoms with E-state index in [9.17, 15) is 0 Å². The molecule has 0 radical (unpaired) electrons. The number of nitrogens with zero attached hydrogens (tertiary/aromatic N) is 2. The molecule has 0 aliphatic heterocycles. The van der Waals surface area contributed by atoms with Crippen LogP contribution >= 0.6 is 11.8 Å². The highest BCUT2D eigenvalue weighted by molar-refractivity contribution is 7.98. The average molecular weight is 282 g/mol. The maximum atomic E-state index is 4.60. The fourth-order valence-electron chi connectivity index (χ4n) is 1.85. The molecule has 5 heteroatoms. The van der Waals surface area contributed by atoms with Crippen molar-refractivity contribution in [3.63, 3.8) is 0 Å². The van der Waals surface area contributed by atoms with Crippen molar-refractivity contribution in [1.29, 1.82) is 0 Å². The second-order valence-corrected chi connectivity index (χ2v) is 5.45. The first kappa shape index (κ1) is 16.1. The summed E-state index contributed by atoms with van der Waals surface area (Å²) in [5.41, 5.74) is 0. The highest BCUT2D eigenvalue weighted by atomic mass is 32.2. The van der Waals surface area contributed by atoms with Gasteiger partial charge in [-0.1, -0.05) is 13.8 Å². The lowest BCUT2D eigenvalue weighted by molar-refractivity contribution is 0.762. The molecule has 1 atom stereocenters. The van der Waals surface area contributed by atoms with Gasteiger partial charge in [-0.15, -0.1) is 0 Å². The van der Waals surface area contributed by atoms with E-state index in [-0.39, 0.29) is 0 Å². The van der Waals surface area contributed by atoms with Crippen LogP contribution in [0, 0.1) is 0 Å². The summed E-state index contributed by atoms with van der Waals surface area (Å²) in [5.74, 6) is 3.88. The van der Waals surface area contributed by atoms with Crippen molar-refractivity contribution in [3.05, 3.63) is 11.9 Å². The molecule has 1 unspecified atom stereocenters. The molecule has 2 N–H and O–H groups in total. The first-order chi connectivity index (χ1) is 9.23. The number of hydrogen-bond donors (Lipinski definition) is 2. The van der Waals surface area contributed by atoms with Crippen LogP contribution in [-0.4, -0.2) is 34.6 Å². The van der Waals surface area contributed by atoms with Gasteiger partial charge in [0.1, 0.15) is 17.5 Å².